The lowest BCUT2D eigenvalue weighted by molar-refractivity contribution is 0.0741. The molecule has 0 spiro atoms. The third-order valence-corrected chi connectivity index (χ3v) is 12.3. The lowest BCUT2D eigenvalue weighted by Gasteiger charge is -2.42. The molecule has 156 valence electrons. The lowest BCUT2D eigenvalue weighted by Crippen LogP contribution is -2.65. The minimum atomic E-state index is -2.93. The molecule has 2 N–H and O–H groups in total. The summed E-state index contributed by atoms with van der Waals surface area (Å²) >= 11 is 0. The standard InChI is InChI=1S/C25H35NO2Si/c1-24(2,17-14-21-15-18-25(20-27)16-9-19-26(21)25)29(28,22-10-5-3-6-11-22)23-12-7-4-8-13-23/h3-8,10-13,21,27-28H,9,14-20H2,1-2H3. The summed E-state index contributed by atoms with van der Waals surface area (Å²) in [6.07, 6.45) is 6.70. The van der Waals surface area contributed by atoms with E-state index in [1.807, 2.05) is 36.4 Å². The van der Waals surface area contributed by atoms with Gasteiger partial charge in [0.2, 0.25) is 0 Å². The second-order valence-electron chi connectivity index (χ2n) is 9.74. The van der Waals surface area contributed by atoms with Crippen LogP contribution in [0.2, 0.25) is 5.04 Å². The first kappa shape index (κ1) is 20.8. The Bertz CT molecular complexity index is 771. The predicted octanol–water partition coefficient (Wildman–Crippen LogP) is 3.29. The number of hydrogen-bond donors (Lipinski definition) is 2. The van der Waals surface area contributed by atoms with Crippen LogP contribution in [0.5, 0.6) is 0 Å². The third kappa shape index (κ3) is 3.50. The van der Waals surface area contributed by atoms with E-state index in [4.69, 9.17) is 0 Å². The van der Waals surface area contributed by atoms with Crippen molar-refractivity contribution in [3.8, 4) is 0 Å². The molecule has 0 aromatic heterocycles. The summed E-state index contributed by atoms with van der Waals surface area (Å²) in [5.74, 6) is 0. The quantitative estimate of drug-likeness (QED) is 0.690. The molecule has 2 aromatic rings. The topological polar surface area (TPSA) is 43.7 Å². The zero-order chi connectivity index (χ0) is 20.5. The van der Waals surface area contributed by atoms with Gasteiger partial charge in [0.25, 0.3) is 8.32 Å². The molecule has 2 aliphatic rings. The van der Waals surface area contributed by atoms with E-state index in [2.05, 4.69) is 43.0 Å². The highest BCUT2D eigenvalue weighted by Crippen LogP contribution is 2.46. The third-order valence-electron chi connectivity index (χ3n) is 7.79. The molecule has 2 atom stereocenters. The lowest BCUT2D eigenvalue weighted by atomic mass is 9.95. The number of aliphatic hydroxyl groups excluding tert-OH is 1. The normalized spacial score (nSPS) is 25.3. The van der Waals surface area contributed by atoms with Crippen LogP contribution in [-0.2, 0) is 0 Å². The predicted molar refractivity (Wildman–Crippen MR) is 122 cm³/mol. The van der Waals surface area contributed by atoms with Gasteiger partial charge in [0.1, 0.15) is 0 Å². The molecule has 0 amide bonds. The van der Waals surface area contributed by atoms with Crippen molar-refractivity contribution in [1.29, 1.82) is 0 Å². The van der Waals surface area contributed by atoms with Crippen molar-refractivity contribution in [1.82, 2.24) is 4.90 Å². The zero-order valence-corrected chi connectivity index (χ0v) is 18.8. The van der Waals surface area contributed by atoms with E-state index < -0.39 is 8.32 Å². The molecule has 2 fully saturated rings. The van der Waals surface area contributed by atoms with Crippen LogP contribution in [0.15, 0.2) is 60.7 Å². The summed E-state index contributed by atoms with van der Waals surface area (Å²) in [5, 5.41) is 12.0. The van der Waals surface area contributed by atoms with Crippen LogP contribution in [0, 0.1) is 0 Å². The van der Waals surface area contributed by atoms with E-state index in [-0.39, 0.29) is 10.6 Å². The van der Waals surface area contributed by atoms with E-state index in [1.165, 1.54) is 12.8 Å². The zero-order valence-electron chi connectivity index (χ0n) is 17.8. The van der Waals surface area contributed by atoms with E-state index in [1.54, 1.807) is 0 Å². The Morgan fingerprint density at radius 1 is 1.00 bits per heavy atom. The fourth-order valence-electron chi connectivity index (χ4n) is 5.95. The van der Waals surface area contributed by atoms with Gasteiger partial charge in [0.15, 0.2) is 0 Å². The second kappa shape index (κ2) is 7.99. The Hall–Kier alpha value is -1.46. The number of aliphatic hydroxyl groups is 1. The molecule has 4 heteroatoms. The van der Waals surface area contributed by atoms with Gasteiger partial charge in [-0.3, -0.25) is 4.90 Å². The van der Waals surface area contributed by atoms with Gasteiger partial charge in [-0.1, -0.05) is 74.5 Å². The monoisotopic (exact) mass is 409 g/mol. The molecule has 4 rings (SSSR count). The van der Waals surface area contributed by atoms with Gasteiger partial charge in [0.05, 0.1) is 6.61 Å². The molecule has 0 saturated carbocycles. The van der Waals surface area contributed by atoms with Crippen molar-refractivity contribution < 1.29 is 9.90 Å². The highest BCUT2D eigenvalue weighted by atomic mass is 28.4. The number of nitrogens with zero attached hydrogens (tertiary/aromatic N) is 1. The molecule has 2 aromatic carbocycles. The molecule has 2 unspecified atom stereocenters. The second-order valence-corrected chi connectivity index (χ2v) is 13.7. The largest absolute Gasteiger partial charge is 0.424 e. The molecule has 0 aliphatic carbocycles. The van der Waals surface area contributed by atoms with Crippen LogP contribution in [0.4, 0.5) is 0 Å². The van der Waals surface area contributed by atoms with Crippen molar-refractivity contribution in [3.05, 3.63) is 60.7 Å². The highest BCUT2D eigenvalue weighted by Gasteiger charge is 2.52. The Labute approximate surface area is 176 Å². The van der Waals surface area contributed by atoms with Crippen molar-refractivity contribution >= 4 is 18.7 Å². The van der Waals surface area contributed by atoms with Crippen LogP contribution in [0.3, 0.4) is 0 Å². The van der Waals surface area contributed by atoms with E-state index in [9.17, 15) is 9.90 Å². The Balaban J connectivity index is 1.60. The number of rotatable bonds is 7. The Morgan fingerprint density at radius 2 is 1.59 bits per heavy atom. The first-order valence-corrected chi connectivity index (χ1v) is 13.1. The fraction of sp³-hybridized carbons (Fsp3) is 0.520. The molecule has 2 saturated heterocycles. The fourth-order valence-corrected chi connectivity index (χ4v) is 9.71. The summed E-state index contributed by atoms with van der Waals surface area (Å²) in [6.45, 7) is 5.93. The SMILES string of the molecule is CC(C)(CCC1CCC2(CO)CCCN12)[Si](O)(c1ccccc1)c1ccccc1. The van der Waals surface area contributed by atoms with Crippen LogP contribution < -0.4 is 10.4 Å². The maximum absolute atomic E-state index is 12.3. The maximum atomic E-state index is 12.3. The van der Waals surface area contributed by atoms with Gasteiger partial charge in [0, 0.05) is 11.6 Å². The first-order valence-electron chi connectivity index (χ1n) is 11.1. The maximum Gasteiger partial charge on any atom is 0.258 e. The molecular weight excluding hydrogens is 374 g/mol. The van der Waals surface area contributed by atoms with Crippen LogP contribution in [0.1, 0.15) is 52.4 Å². The molecular formula is C25H35NO2Si. The smallest absolute Gasteiger partial charge is 0.258 e. The van der Waals surface area contributed by atoms with Gasteiger partial charge in [-0.15, -0.1) is 0 Å². The molecule has 3 nitrogen and oxygen atoms in total. The van der Waals surface area contributed by atoms with Crippen LogP contribution >= 0.6 is 0 Å². The molecule has 2 heterocycles. The average molecular weight is 410 g/mol. The highest BCUT2D eigenvalue weighted by molar-refractivity contribution is 6.98. The van der Waals surface area contributed by atoms with Crippen LogP contribution in [-0.4, -0.2) is 47.9 Å². The molecule has 2 aliphatic heterocycles. The van der Waals surface area contributed by atoms with Gasteiger partial charge >= 0.3 is 0 Å². The average Bonchev–Trinajstić information content (AvgIpc) is 3.32. The number of benzene rings is 2. The van der Waals surface area contributed by atoms with E-state index in [0.29, 0.717) is 12.6 Å². The number of hydrogen-bond acceptors (Lipinski definition) is 3. The summed E-state index contributed by atoms with van der Waals surface area (Å²) in [5.41, 5.74) is 0.0431. The minimum absolute atomic E-state index is 0.0431. The summed E-state index contributed by atoms with van der Waals surface area (Å²) in [6, 6.07) is 21.2. The van der Waals surface area contributed by atoms with Crippen LogP contribution in [0.25, 0.3) is 0 Å². The summed E-state index contributed by atoms with van der Waals surface area (Å²) in [4.78, 5) is 14.9. The summed E-state index contributed by atoms with van der Waals surface area (Å²) < 4.78 is 0. The van der Waals surface area contributed by atoms with Gasteiger partial charge in [-0.25, -0.2) is 0 Å². The molecule has 29 heavy (non-hydrogen) atoms. The van der Waals surface area contributed by atoms with Gasteiger partial charge < -0.3 is 9.90 Å². The van der Waals surface area contributed by atoms with Crippen molar-refractivity contribution in [2.45, 2.75) is 69.0 Å². The molecule has 0 radical (unpaired) electrons. The molecule has 0 bridgehead atoms. The summed E-state index contributed by atoms with van der Waals surface area (Å²) in [7, 11) is -2.93. The van der Waals surface area contributed by atoms with Gasteiger partial charge in [-0.05, 0) is 60.5 Å². The van der Waals surface area contributed by atoms with Crippen molar-refractivity contribution in [3.63, 3.8) is 0 Å². The Kier molecular flexibility index (Phi) is 5.73. The van der Waals surface area contributed by atoms with Crippen molar-refractivity contribution in [2.75, 3.05) is 13.2 Å². The van der Waals surface area contributed by atoms with Crippen molar-refractivity contribution in [2.24, 2.45) is 0 Å². The van der Waals surface area contributed by atoms with E-state index >= 15 is 0 Å². The Morgan fingerprint density at radius 3 is 2.14 bits per heavy atom. The van der Waals surface area contributed by atoms with Gasteiger partial charge in [-0.2, -0.15) is 0 Å². The van der Waals surface area contributed by atoms with E-state index in [0.717, 1.165) is 42.6 Å². The minimum Gasteiger partial charge on any atom is -0.424 e. The number of fused-ring (bicyclic) bond motifs is 1. The first-order chi connectivity index (χ1) is 13.9.